The standard InChI is InChI=1S/C12H10FN3O4S/c13-7-3-4-10(21(14,19)20)8(6-7)16-12(18)11-9(17)2-1-5-15-11/h1-6,17H,(H,16,18)(H2,14,19,20). The summed E-state index contributed by atoms with van der Waals surface area (Å²) in [5.41, 5.74) is -0.672. The number of rotatable bonds is 3. The molecule has 0 radical (unpaired) electrons. The van der Waals surface area contributed by atoms with Gasteiger partial charge in [-0.3, -0.25) is 4.79 Å². The van der Waals surface area contributed by atoms with Crippen molar-refractivity contribution in [3.63, 3.8) is 0 Å². The molecular formula is C12H10FN3O4S. The van der Waals surface area contributed by atoms with Gasteiger partial charge in [-0.1, -0.05) is 0 Å². The summed E-state index contributed by atoms with van der Waals surface area (Å²) in [6.45, 7) is 0. The molecule has 0 saturated carbocycles. The summed E-state index contributed by atoms with van der Waals surface area (Å²) in [4.78, 5) is 15.1. The lowest BCUT2D eigenvalue weighted by Crippen LogP contribution is -2.19. The van der Waals surface area contributed by atoms with E-state index in [1.165, 1.54) is 18.3 Å². The van der Waals surface area contributed by atoms with E-state index >= 15 is 0 Å². The molecule has 0 fully saturated rings. The monoisotopic (exact) mass is 311 g/mol. The molecule has 0 bridgehead atoms. The SMILES string of the molecule is NS(=O)(=O)c1ccc(F)cc1NC(=O)c1ncccc1O. The Morgan fingerprint density at radius 1 is 1.33 bits per heavy atom. The Morgan fingerprint density at radius 3 is 2.67 bits per heavy atom. The molecule has 0 aliphatic rings. The normalized spacial score (nSPS) is 11.1. The van der Waals surface area contributed by atoms with Gasteiger partial charge in [0.1, 0.15) is 16.5 Å². The van der Waals surface area contributed by atoms with Crippen LogP contribution in [0.25, 0.3) is 0 Å². The molecule has 0 spiro atoms. The number of aromatic nitrogens is 1. The predicted octanol–water partition coefficient (Wildman–Crippen LogP) is 0.826. The van der Waals surface area contributed by atoms with Crippen LogP contribution < -0.4 is 10.5 Å². The van der Waals surface area contributed by atoms with Crippen LogP contribution in [0.4, 0.5) is 10.1 Å². The Labute approximate surface area is 119 Å². The van der Waals surface area contributed by atoms with Gasteiger partial charge < -0.3 is 10.4 Å². The van der Waals surface area contributed by atoms with E-state index in [2.05, 4.69) is 10.3 Å². The number of aromatic hydroxyl groups is 1. The number of hydrogen-bond donors (Lipinski definition) is 3. The maximum Gasteiger partial charge on any atom is 0.278 e. The van der Waals surface area contributed by atoms with Gasteiger partial charge in [0.05, 0.1) is 5.69 Å². The molecule has 0 atom stereocenters. The second kappa shape index (κ2) is 5.46. The maximum absolute atomic E-state index is 13.2. The zero-order valence-electron chi connectivity index (χ0n) is 10.4. The highest BCUT2D eigenvalue weighted by Gasteiger charge is 2.19. The zero-order valence-corrected chi connectivity index (χ0v) is 11.3. The van der Waals surface area contributed by atoms with Gasteiger partial charge in [0.25, 0.3) is 5.91 Å². The van der Waals surface area contributed by atoms with Gasteiger partial charge in [0.15, 0.2) is 5.69 Å². The van der Waals surface area contributed by atoms with E-state index in [0.717, 1.165) is 18.2 Å². The number of nitrogens with two attached hydrogens (primary N) is 1. The number of pyridine rings is 1. The third kappa shape index (κ3) is 3.33. The van der Waals surface area contributed by atoms with Crippen LogP contribution in [0.5, 0.6) is 5.75 Å². The van der Waals surface area contributed by atoms with E-state index < -0.39 is 32.4 Å². The quantitative estimate of drug-likeness (QED) is 0.774. The third-order valence-corrected chi connectivity index (χ3v) is 3.47. The topological polar surface area (TPSA) is 122 Å². The number of sulfonamides is 1. The Balaban J connectivity index is 2.43. The molecule has 1 aromatic carbocycles. The number of hydrogen-bond acceptors (Lipinski definition) is 5. The highest BCUT2D eigenvalue weighted by Crippen LogP contribution is 2.23. The van der Waals surface area contributed by atoms with Gasteiger partial charge in [0, 0.05) is 6.20 Å². The summed E-state index contributed by atoms with van der Waals surface area (Å²) < 4.78 is 36.0. The lowest BCUT2D eigenvalue weighted by molar-refractivity contribution is 0.101. The summed E-state index contributed by atoms with van der Waals surface area (Å²) in [7, 11) is -4.15. The fraction of sp³-hybridized carbons (Fsp3) is 0. The Hall–Kier alpha value is -2.52. The Bertz CT molecular complexity index is 808. The van der Waals surface area contributed by atoms with Crippen LogP contribution >= 0.6 is 0 Å². The van der Waals surface area contributed by atoms with Crippen molar-refractivity contribution in [2.24, 2.45) is 5.14 Å². The molecular weight excluding hydrogens is 301 g/mol. The molecule has 2 rings (SSSR count). The largest absolute Gasteiger partial charge is 0.505 e. The summed E-state index contributed by atoms with van der Waals surface area (Å²) in [5.74, 6) is -2.06. The van der Waals surface area contributed by atoms with Gasteiger partial charge in [-0.15, -0.1) is 0 Å². The second-order valence-corrected chi connectivity index (χ2v) is 5.54. The van der Waals surface area contributed by atoms with Gasteiger partial charge in [-0.2, -0.15) is 0 Å². The molecule has 4 N–H and O–H groups in total. The molecule has 2 aromatic rings. The number of benzene rings is 1. The molecule has 0 aliphatic heterocycles. The second-order valence-electron chi connectivity index (χ2n) is 4.01. The van der Waals surface area contributed by atoms with Crippen molar-refractivity contribution in [3.05, 3.63) is 48.0 Å². The smallest absolute Gasteiger partial charge is 0.278 e. The minimum Gasteiger partial charge on any atom is -0.505 e. The molecule has 0 aliphatic carbocycles. The van der Waals surface area contributed by atoms with Gasteiger partial charge in [-0.05, 0) is 30.3 Å². The number of primary sulfonamides is 1. The van der Waals surface area contributed by atoms with E-state index in [0.29, 0.717) is 0 Å². The molecule has 1 aromatic heterocycles. The van der Waals surface area contributed by atoms with Gasteiger partial charge >= 0.3 is 0 Å². The van der Waals surface area contributed by atoms with Crippen molar-refractivity contribution in [3.8, 4) is 5.75 Å². The molecule has 7 nitrogen and oxygen atoms in total. The van der Waals surface area contributed by atoms with E-state index in [1.54, 1.807) is 0 Å². The van der Waals surface area contributed by atoms with Crippen LogP contribution in [-0.2, 0) is 10.0 Å². The molecule has 1 heterocycles. The van der Waals surface area contributed by atoms with Crippen molar-refractivity contribution in [1.82, 2.24) is 4.98 Å². The average molecular weight is 311 g/mol. The fourth-order valence-electron chi connectivity index (χ4n) is 1.60. The molecule has 1 amide bonds. The third-order valence-electron chi connectivity index (χ3n) is 2.50. The summed E-state index contributed by atoms with van der Waals surface area (Å²) in [5, 5.41) is 16.6. The number of carbonyl (C=O) groups is 1. The number of nitrogens with zero attached hydrogens (tertiary/aromatic N) is 1. The molecule has 0 saturated heterocycles. The van der Waals surface area contributed by atoms with E-state index in [1.807, 2.05) is 0 Å². The lowest BCUT2D eigenvalue weighted by atomic mass is 10.2. The van der Waals surface area contributed by atoms with Crippen LogP contribution in [0.15, 0.2) is 41.4 Å². The highest BCUT2D eigenvalue weighted by atomic mass is 32.2. The fourth-order valence-corrected chi connectivity index (χ4v) is 2.28. The summed E-state index contributed by atoms with van der Waals surface area (Å²) >= 11 is 0. The number of carbonyl (C=O) groups excluding carboxylic acids is 1. The first kappa shape index (κ1) is 14.9. The summed E-state index contributed by atoms with van der Waals surface area (Å²) in [6.07, 6.45) is 1.26. The first-order valence-electron chi connectivity index (χ1n) is 5.57. The van der Waals surface area contributed by atoms with Crippen molar-refractivity contribution in [1.29, 1.82) is 0 Å². The minimum absolute atomic E-state index is 0.331. The lowest BCUT2D eigenvalue weighted by Gasteiger charge is -2.10. The van der Waals surface area contributed by atoms with Crippen LogP contribution in [0.1, 0.15) is 10.5 Å². The Morgan fingerprint density at radius 2 is 2.05 bits per heavy atom. The Kier molecular flexibility index (Phi) is 3.87. The highest BCUT2D eigenvalue weighted by molar-refractivity contribution is 7.89. The average Bonchev–Trinajstić information content (AvgIpc) is 2.37. The number of anilines is 1. The van der Waals surface area contributed by atoms with Gasteiger partial charge in [-0.25, -0.2) is 22.9 Å². The number of amides is 1. The zero-order chi connectivity index (χ0) is 15.6. The number of nitrogens with one attached hydrogen (secondary N) is 1. The van der Waals surface area contributed by atoms with Crippen molar-refractivity contribution in [2.75, 3.05) is 5.32 Å². The van der Waals surface area contributed by atoms with Crippen molar-refractivity contribution < 1.29 is 22.7 Å². The first-order valence-corrected chi connectivity index (χ1v) is 7.11. The van der Waals surface area contributed by atoms with E-state index in [4.69, 9.17) is 5.14 Å². The van der Waals surface area contributed by atoms with Crippen LogP contribution in [0.3, 0.4) is 0 Å². The van der Waals surface area contributed by atoms with Crippen LogP contribution in [-0.4, -0.2) is 24.4 Å². The summed E-state index contributed by atoms with van der Waals surface area (Å²) in [6, 6.07) is 5.27. The van der Waals surface area contributed by atoms with Crippen molar-refractivity contribution in [2.45, 2.75) is 4.90 Å². The number of halogens is 1. The van der Waals surface area contributed by atoms with Crippen LogP contribution in [0, 0.1) is 5.82 Å². The van der Waals surface area contributed by atoms with E-state index in [9.17, 15) is 22.7 Å². The molecule has 21 heavy (non-hydrogen) atoms. The maximum atomic E-state index is 13.2. The molecule has 9 heteroatoms. The predicted molar refractivity (Wildman–Crippen MR) is 71.6 cm³/mol. The van der Waals surface area contributed by atoms with Crippen LogP contribution in [0.2, 0.25) is 0 Å². The molecule has 0 unspecified atom stereocenters. The first-order chi connectivity index (χ1) is 9.79. The van der Waals surface area contributed by atoms with E-state index in [-0.39, 0.29) is 11.4 Å². The molecule has 110 valence electrons. The van der Waals surface area contributed by atoms with Gasteiger partial charge in [0.2, 0.25) is 10.0 Å². The van der Waals surface area contributed by atoms with Crippen molar-refractivity contribution >= 4 is 21.6 Å². The minimum atomic E-state index is -4.15.